The van der Waals surface area contributed by atoms with Crippen molar-refractivity contribution in [3.05, 3.63) is 54.1 Å². The molecule has 0 aliphatic heterocycles. The van der Waals surface area contributed by atoms with Crippen molar-refractivity contribution in [3.63, 3.8) is 0 Å². The molecule has 0 fully saturated rings. The molecule has 0 radical (unpaired) electrons. The van der Waals surface area contributed by atoms with Crippen LogP contribution >= 0.6 is 0 Å². The van der Waals surface area contributed by atoms with Crippen molar-refractivity contribution in [2.24, 2.45) is 0 Å². The van der Waals surface area contributed by atoms with E-state index in [0.717, 1.165) is 11.3 Å². The Kier molecular flexibility index (Phi) is 3.00. The number of aromatic hydroxyl groups is 1. The lowest BCUT2D eigenvalue weighted by atomic mass is 10.2. The number of benzene rings is 1. The lowest BCUT2D eigenvalue weighted by molar-refractivity contribution is 0.474. The fraction of sp³-hybridized carbons (Fsp3) is 0.0833. The van der Waals surface area contributed by atoms with Crippen LogP contribution in [0.3, 0.4) is 0 Å². The molecule has 0 saturated heterocycles. The third-order valence-electron chi connectivity index (χ3n) is 2.13. The van der Waals surface area contributed by atoms with Crippen LogP contribution < -0.4 is 5.32 Å². The predicted molar refractivity (Wildman–Crippen MR) is 59.6 cm³/mol. The standard InChI is InChI=1S/C12H11FN2O/c13-12-5-4-10(8-15-12)14-7-9-2-1-3-11(16)6-9/h1-6,8,14,16H,7H2. The Morgan fingerprint density at radius 3 is 2.81 bits per heavy atom. The lowest BCUT2D eigenvalue weighted by Crippen LogP contribution is -1.99. The summed E-state index contributed by atoms with van der Waals surface area (Å²) in [4.78, 5) is 3.53. The first-order valence-corrected chi connectivity index (χ1v) is 4.87. The number of phenols is 1. The summed E-state index contributed by atoms with van der Waals surface area (Å²) in [5.74, 6) is -0.264. The molecule has 2 rings (SSSR count). The number of halogens is 1. The molecule has 3 nitrogen and oxygen atoms in total. The van der Waals surface area contributed by atoms with Crippen LogP contribution in [0, 0.1) is 5.95 Å². The molecule has 0 spiro atoms. The highest BCUT2D eigenvalue weighted by molar-refractivity contribution is 5.41. The van der Waals surface area contributed by atoms with E-state index >= 15 is 0 Å². The second-order valence-electron chi connectivity index (χ2n) is 3.39. The van der Waals surface area contributed by atoms with E-state index in [9.17, 15) is 9.50 Å². The third kappa shape index (κ3) is 2.70. The number of hydrogen-bond donors (Lipinski definition) is 2. The highest BCUT2D eigenvalue weighted by atomic mass is 19.1. The molecule has 0 bridgehead atoms. The Labute approximate surface area is 92.6 Å². The maximum absolute atomic E-state index is 12.5. The Bertz CT molecular complexity index is 471. The zero-order chi connectivity index (χ0) is 11.4. The number of nitrogens with one attached hydrogen (secondary N) is 1. The number of anilines is 1. The Morgan fingerprint density at radius 2 is 2.12 bits per heavy atom. The van der Waals surface area contributed by atoms with Crippen molar-refractivity contribution in [2.45, 2.75) is 6.54 Å². The number of aromatic nitrogens is 1. The summed E-state index contributed by atoms with van der Waals surface area (Å²) in [6.45, 7) is 0.557. The first-order chi connectivity index (χ1) is 7.74. The van der Waals surface area contributed by atoms with E-state index < -0.39 is 5.95 Å². The maximum Gasteiger partial charge on any atom is 0.212 e. The second kappa shape index (κ2) is 4.61. The summed E-state index contributed by atoms with van der Waals surface area (Å²) in [5.41, 5.74) is 1.69. The molecule has 1 heterocycles. The third-order valence-corrected chi connectivity index (χ3v) is 2.13. The van der Waals surface area contributed by atoms with E-state index in [-0.39, 0.29) is 5.75 Å². The van der Waals surface area contributed by atoms with Gasteiger partial charge in [-0.1, -0.05) is 12.1 Å². The SMILES string of the molecule is Oc1cccc(CNc2ccc(F)nc2)c1. The number of rotatable bonds is 3. The average molecular weight is 218 g/mol. The van der Waals surface area contributed by atoms with E-state index in [1.54, 1.807) is 24.3 Å². The molecule has 82 valence electrons. The molecule has 4 heteroatoms. The highest BCUT2D eigenvalue weighted by Gasteiger charge is 1.96. The fourth-order valence-electron chi connectivity index (χ4n) is 1.35. The van der Waals surface area contributed by atoms with Crippen LogP contribution in [0.1, 0.15) is 5.56 Å². The molecule has 2 aromatic rings. The smallest absolute Gasteiger partial charge is 0.212 e. The van der Waals surface area contributed by atoms with Crippen LogP contribution in [0.25, 0.3) is 0 Å². The molecular weight excluding hydrogens is 207 g/mol. The second-order valence-corrected chi connectivity index (χ2v) is 3.39. The van der Waals surface area contributed by atoms with Crippen LogP contribution in [-0.2, 0) is 6.54 Å². The van der Waals surface area contributed by atoms with Gasteiger partial charge in [0.25, 0.3) is 0 Å². The van der Waals surface area contributed by atoms with Gasteiger partial charge in [0.05, 0.1) is 11.9 Å². The molecule has 0 saturated carbocycles. The zero-order valence-corrected chi connectivity index (χ0v) is 8.52. The molecule has 0 aliphatic carbocycles. The van der Waals surface area contributed by atoms with Crippen molar-refractivity contribution in [1.29, 1.82) is 0 Å². The van der Waals surface area contributed by atoms with Crippen LogP contribution in [0.4, 0.5) is 10.1 Å². The molecule has 0 atom stereocenters. The van der Waals surface area contributed by atoms with Gasteiger partial charge in [0, 0.05) is 6.54 Å². The van der Waals surface area contributed by atoms with Gasteiger partial charge in [-0.2, -0.15) is 4.39 Å². The summed E-state index contributed by atoms with van der Waals surface area (Å²) >= 11 is 0. The minimum Gasteiger partial charge on any atom is -0.508 e. The topological polar surface area (TPSA) is 45.1 Å². The quantitative estimate of drug-likeness (QED) is 0.778. The van der Waals surface area contributed by atoms with Gasteiger partial charge in [-0.3, -0.25) is 0 Å². The van der Waals surface area contributed by atoms with Gasteiger partial charge in [-0.15, -0.1) is 0 Å². The van der Waals surface area contributed by atoms with Crippen LogP contribution in [0.2, 0.25) is 0 Å². The Hall–Kier alpha value is -2.10. The van der Waals surface area contributed by atoms with E-state index in [2.05, 4.69) is 10.3 Å². The zero-order valence-electron chi connectivity index (χ0n) is 8.52. The normalized spacial score (nSPS) is 10.1. The molecule has 0 aliphatic rings. The van der Waals surface area contributed by atoms with Crippen molar-refractivity contribution < 1.29 is 9.50 Å². The van der Waals surface area contributed by atoms with Crippen molar-refractivity contribution in [3.8, 4) is 5.75 Å². The minimum absolute atomic E-state index is 0.233. The molecule has 16 heavy (non-hydrogen) atoms. The summed E-state index contributed by atoms with van der Waals surface area (Å²) in [5, 5.41) is 12.3. The largest absolute Gasteiger partial charge is 0.508 e. The van der Waals surface area contributed by atoms with Gasteiger partial charge in [0.2, 0.25) is 5.95 Å². The molecule has 1 aromatic carbocycles. The van der Waals surface area contributed by atoms with Crippen molar-refractivity contribution >= 4 is 5.69 Å². The van der Waals surface area contributed by atoms with E-state index in [0.29, 0.717) is 6.54 Å². The highest BCUT2D eigenvalue weighted by Crippen LogP contribution is 2.13. The summed E-state index contributed by atoms with van der Waals surface area (Å²) in [6.07, 6.45) is 1.43. The molecule has 0 unspecified atom stereocenters. The van der Waals surface area contributed by atoms with Gasteiger partial charge < -0.3 is 10.4 Å². The summed E-state index contributed by atoms with van der Waals surface area (Å²) in [7, 11) is 0. The summed E-state index contributed by atoms with van der Waals surface area (Å²) in [6, 6.07) is 9.86. The molecule has 2 N–H and O–H groups in total. The van der Waals surface area contributed by atoms with Gasteiger partial charge in [0.1, 0.15) is 5.75 Å². The Morgan fingerprint density at radius 1 is 1.25 bits per heavy atom. The van der Waals surface area contributed by atoms with Gasteiger partial charge in [0.15, 0.2) is 0 Å². The van der Waals surface area contributed by atoms with Crippen LogP contribution in [-0.4, -0.2) is 10.1 Å². The fourth-order valence-corrected chi connectivity index (χ4v) is 1.35. The lowest BCUT2D eigenvalue weighted by Gasteiger charge is -2.06. The van der Waals surface area contributed by atoms with Crippen LogP contribution in [0.5, 0.6) is 5.75 Å². The van der Waals surface area contributed by atoms with E-state index in [1.165, 1.54) is 12.3 Å². The molecular formula is C12H11FN2O. The van der Waals surface area contributed by atoms with Crippen molar-refractivity contribution in [1.82, 2.24) is 4.98 Å². The first kappa shape index (κ1) is 10.4. The van der Waals surface area contributed by atoms with E-state index in [1.807, 2.05) is 6.07 Å². The predicted octanol–water partition coefficient (Wildman–Crippen LogP) is 2.54. The van der Waals surface area contributed by atoms with E-state index in [4.69, 9.17) is 0 Å². The molecule has 1 aromatic heterocycles. The molecule has 0 amide bonds. The summed E-state index contributed by atoms with van der Waals surface area (Å²) < 4.78 is 12.5. The number of nitrogens with zero attached hydrogens (tertiary/aromatic N) is 1. The Balaban J connectivity index is 1.99. The number of pyridine rings is 1. The first-order valence-electron chi connectivity index (χ1n) is 4.87. The number of hydrogen-bond acceptors (Lipinski definition) is 3. The minimum atomic E-state index is -0.497. The average Bonchev–Trinajstić information content (AvgIpc) is 2.28. The van der Waals surface area contributed by atoms with Gasteiger partial charge in [-0.05, 0) is 29.8 Å². The monoisotopic (exact) mass is 218 g/mol. The van der Waals surface area contributed by atoms with Gasteiger partial charge in [-0.25, -0.2) is 4.98 Å². The van der Waals surface area contributed by atoms with Gasteiger partial charge >= 0.3 is 0 Å². The van der Waals surface area contributed by atoms with Crippen LogP contribution in [0.15, 0.2) is 42.6 Å². The number of phenolic OH excluding ortho intramolecular Hbond substituents is 1. The maximum atomic E-state index is 12.5. The van der Waals surface area contributed by atoms with Crippen molar-refractivity contribution in [2.75, 3.05) is 5.32 Å².